The van der Waals surface area contributed by atoms with Gasteiger partial charge in [0.2, 0.25) is 88.6 Å². The number of unbranched alkanes of at least 4 members (excludes halogenated alkanes) is 2. The summed E-state index contributed by atoms with van der Waals surface area (Å²) in [4.78, 5) is 259. The van der Waals surface area contributed by atoms with Gasteiger partial charge in [0.1, 0.15) is 84.9 Å². The van der Waals surface area contributed by atoms with Crippen LogP contribution in [-0.4, -0.2) is 276 Å². The third-order valence-corrected chi connectivity index (χ3v) is 25.1. The minimum absolute atomic E-state index is 0.00775. The molecule has 0 aliphatic carbocycles. The molecule has 15 atom stereocenters. The molecular formula is C93H132FN19O19. The van der Waals surface area contributed by atoms with E-state index in [-0.39, 0.29) is 128 Å². The molecule has 0 bridgehead atoms. The Morgan fingerprint density at radius 3 is 1.71 bits per heavy atom. The second kappa shape index (κ2) is 48.8. The fraction of sp³-hybridized carbons (Fsp3) is 0.581. The van der Waals surface area contributed by atoms with E-state index in [9.17, 15) is 57.8 Å². The number of nitrogens with one attached hydrogen (secondary N) is 9. The lowest BCUT2D eigenvalue weighted by Gasteiger charge is -2.38. The number of carbonyl (C=O) groups is 17. The Kier molecular flexibility index (Phi) is 38.2. The zero-order valence-corrected chi connectivity index (χ0v) is 76.6. The Morgan fingerprint density at radius 2 is 1.08 bits per heavy atom. The van der Waals surface area contributed by atoms with Crippen LogP contribution in [0.3, 0.4) is 0 Å². The van der Waals surface area contributed by atoms with Gasteiger partial charge in [-0.25, -0.2) is 4.39 Å². The van der Waals surface area contributed by atoms with E-state index in [0.29, 0.717) is 77.0 Å². The number of halogens is 1. The SMILES string of the molecule is CCCC[C@H]1C(=O)N(C)[C@@H](CCCC)C(=O)N[C@@H](CC(C)C)C(=O)N[C@H](C(N)=O)CCCC(=O)N[C@@H](Cc2ccc(F)cc2)C(=O)N2CCCC[C@H]2C(=O)N[C@@H](CC(N)=O)C(=O)N2CCC[C@H]2C(=O)N[C@@H](CN)C(=O)N[C@@H](CC(C)C)C(=O)N2C[C@H](O)C[C@H]2C(=O)C[C@@H](Cc2c[nH]c3ccccc23)C(=O)N[C@@H](CCN)C(=O)N[C@@H](Cc2cn(CC(=O)O)c3ccccc23)C(=O)N1C. The molecule has 15 amide bonds. The first kappa shape index (κ1) is 103. The maximum atomic E-state index is 15.9. The van der Waals surface area contributed by atoms with Gasteiger partial charge in [-0.15, -0.1) is 0 Å². The minimum Gasteiger partial charge on any atom is -0.480 e. The number of aliphatic hydroxyl groups excluding tert-OH is 1. The summed E-state index contributed by atoms with van der Waals surface area (Å²) >= 11 is 0. The number of likely N-dealkylation sites (N-methyl/N-ethyl adjacent to an activating group) is 2. The quantitative estimate of drug-likeness (QED) is 0.0412. The van der Waals surface area contributed by atoms with Crippen molar-refractivity contribution in [2.24, 2.45) is 40.7 Å². The number of H-pyrrole nitrogens is 1. The second-order valence-electron chi connectivity index (χ2n) is 36.1. The van der Waals surface area contributed by atoms with Crippen molar-refractivity contribution in [2.75, 3.05) is 46.8 Å². The summed E-state index contributed by atoms with van der Waals surface area (Å²) < 4.78 is 15.9. The smallest absolute Gasteiger partial charge is 0.323 e. The third-order valence-electron chi connectivity index (χ3n) is 25.1. The molecule has 0 spiro atoms. The number of carboxylic acids is 1. The molecule has 4 fully saturated rings. The number of benzene rings is 3. The number of aromatic nitrogens is 2. The number of amides is 15. The van der Waals surface area contributed by atoms with Crippen LogP contribution in [0.2, 0.25) is 0 Å². The molecule has 6 heterocycles. The topological polar surface area (TPSA) is 568 Å². The van der Waals surface area contributed by atoms with Gasteiger partial charge in [-0.1, -0.05) is 116 Å². The number of nitrogens with zero attached hydrogens (tertiary/aromatic N) is 6. The number of aliphatic hydroxyl groups is 1. The Hall–Kier alpha value is -12.3. The second-order valence-corrected chi connectivity index (χ2v) is 36.1. The molecule has 0 saturated carbocycles. The van der Waals surface area contributed by atoms with Crippen molar-refractivity contribution in [1.82, 2.24) is 76.6 Å². The molecule has 720 valence electrons. The van der Waals surface area contributed by atoms with Crippen molar-refractivity contribution in [3.8, 4) is 0 Å². The number of Topliss-reactive ketones (excluding diaryl/α,β-unsaturated/α-hetero) is 1. The lowest BCUT2D eigenvalue weighted by Crippen LogP contribution is -2.62. The van der Waals surface area contributed by atoms with Crippen LogP contribution < -0.4 is 65.5 Å². The van der Waals surface area contributed by atoms with Crippen molar-refractivity contribution in [2.45, 2.75) is 280 Å². The highest BCUT2D eigenvalue weighted by molar-refractivity contribution is 6.02. The van der Waals surface area contributed by atoms with E-state index in [1.807, 2.05) is 13.8 Å². The van der Waals surface area contributed by atoms with Crippen LogP contribution in [0.1, 0.15) is 187 Å². The van der Waals surface area contributed by atoms with Gasteiger partial charge in [-0.2, -0.15) is 0 Å². The number of aromatic amines is 1. The molecule has 4 aliphatic rings. The maximum absolute atomic E-state index is 15.9. The number of fused-ring (bicyclic) bond motifs is 5. The number of rotatable bonds is 24. The van der Waals surface area contributed by atoms with Crippen LogP contribution in [0.15, 0.2) is 85.2 Å². The van der Waals surface area contributed by atoms with Crippen molar-refractivity contribution in [1.29, 1.82) is 0 Å². The summed E-state index contributed by atoms with van der Waals surface area (Å²) in [5.74, 6) is -17.6. The van der Waals surface area contributed by atoms with E-state index in [0.717, 1.165) is 26.8 Å². The summed E-state index contributed by atoms with van der Waals surface area (Å²) in [5.41, 5.74) is 26.7. The van der Waals surface area contributed by atoms with Gasteiger partial charge in [-0.3, -0.25) is 81.5 Å². The Balaban J connectivity index is 1.09. The van der Waals surface area contributed by atoms with E-state index in [4.69, 9.17) is 22.9 Å². The molecule has 4 aliphatic heterocycles. The minimum atomic E-state index is -1.73. The highest BCUT2D eigenvalue weighted by Crippen LogP contribution is 2.31. The van der Waals surface area contributed by atoms with Gasteiger partial charge in [0, 0.05) is 112 Å². The van der Waals surface area contributed by atoms with E-state index in [1.54, 1.807) is 82.4 Å². The average molecular weight is 1840 g/mol. The Bertz CT molecular complexity index is 4960. The van der Waals surface area contributed by atoms with Crippen LogP contribution in [0.4, 0.5) is 4.39 Å². The number of carbonyl (C=O) groups excluding carboxylic acids is 16. The number of para-hydroxylation sites is 2. The first-order chi connectivity index (χ1) is 62.8. The first-order valence-corrected chi connectivity index (χ1v) is 46.0. The fourth-order valence-corrected chi connectivity index (χ4v) is 18.1. The normalized spacial score (nSPS) is 25.8. The van der Waals surface area contributed by atoms with E-state index in [2.05, 4.69) is 47.5 Å². The predicted molar refractivity (Wildman–Crippen MR) is 485 cm³/mol. The number of hydrogen-bond acceptors (Lipinski definition) is 20. The number of ketones is 1. The fourth-order valence-electron chi connectivity index (χ4n) is 18.1. The van der Waals surface area contributed by atoms with Crippen LogP contribution in [0.25, 0.3) is 21.8 Å². The molecule has 38 nitrogen and oxygen atoms in total. The zero-order valence-electron chi connectivity index (χ0n) is 76.6. The molecule has 9 rings (SSSR count). The maximum Gasteiger partial charge on any atom is 0.323 e. The van der Waals surface area contributed by atoms with E-state index >= 15 is 38.4 Å². The van der Waals surface area contributed by atoms with Gasteiger partial charge in [0.15, 0.2) is 5.78 Å². The number of carboxylic acid groups (broad SMARTS) is 1. The Labute approximate surface area is 766 Å². The number of aliphatic carboxylic acids is 1. The van der Waals surface area contributed by atoms with Crippen LogP contribution in [0.5, 0.6) is 0 Å². The highest BCUT2D eigenvalue weighted by atomic mass is 19.1. The van der Waals surface area contributed by atoms with Gasteiger partial charge < -0.3 is 110 Å². The standard InChI is InChI=1S/C93H132FN19O19/c1-9-11-25-72-86(125)103-65(39-52(3)4)84(123)101-63(81(98)120)24-19-30-79(117)100-67(41-54-31-33-58(94)34-32-54)90(129)111-37-18-17-28-73(111)87(126)106-69(46-78(97)116)91(130)112-38-20-29-74(112)88(127)107-70(47-96)85(124)104-66(40-53(5)6)92(131)113-50-59(114)45-76(113)77(115)44-55(42-56-48-99-62-23-15-13-21-60(56)62)82(121)102-64(35-36-95)83(122)105-68(89(128)109(8)75(26-12-10-2)93(132)108(72)7)43-57-49-110(51-80(118)119)71-27-16-14-22-61(57)71/h13-16,21-23,27,31-34,48-49,52-53,55,59,63-70,72-76,99,114H,9-12,17-20,24-26,28-30,35-47,50-51,95-96H2,1-8H3,(H2,97,116)(H2,98,120)(H,100,117)(H,101,123)(H,102,121)(H,103,125)(H,104,124)(H,105,122)(H,106,126)(H,107,127)(H,118,119)/t55-,59-,63+,64+,65+,66+,67+,68+,69+,70+,72+,73+,74+,75+,76+/m1/s1. The molecule has 0 unspecified atom stereocenters. The monoisotopic (exact) mass is 1840 g/mol. The van der Waals surface area contributed by atoms with Crippen molar-refractivity contribution >= 4 is 122 Å². The van der Waals surface area contributed by atoms with E-state index < -0.39 is 229 Å². The largest absolute Gasteiger partial charge is 0.480 e. The van der Waals surface area contributed by atoms with E-state index in [1.165, 1.54) is 46.8 Å². The van der Waals surface area contributed by atoms with Crippen molar-refractivity contribution in [3.63, 3.8) is 0 Å². The summed E-state index contributed by atoms with van der Waals surface area (Å²) in [6.07, 6.45) is 1.10. The molecule has 3 aromatic carbocycles. The molecule has 5 aromatic rings. The molecule has 0 radical (unpaired) electrons. The molecule has 39 heteroatoms. The summed E-state index contributed by atoms with van der Waals surface area (Å²) in [7, 11) is 2.75. The van der Waals surface area contributed by atoms with Crippen LogP contribution >= 0.6 is 0 Å². The van der Waals surface area contributed by atoms with Crippen molar-refractivity contribution < 1.29 is 96.1 Å². The zero-order chi connectivity index (χ0) is 96.5. The van der Waals surface area contributed by atoms with Crippen LogP contribution in [-0.2, 0) is 107 Å². The molecule has 4 saturated heterocycles. The van der Waals surface area contributed by atoms with Crippen molar-refractivity contribution in [3.05, 3.63) is 108 Å². The van der Waals surface area contributed by atoms with Gasteiger partial charge in [0.25, 0.3) is 0 Å². The lowest BCUT2D eigenvalue weighted by atomic mass is 9.90. The van der Waals surface area contributed by atoms with Gasteiger partial charge in [-0.05, 0) is 143 Å². The lowest BCUT2D eigenvalue weighted by molar-refractivity contribution is -0.149. The predicted octanol–water partition coefficient (Wildman–Crippen LogP) is 1.14. The number of hydrogen-bond donors (Lipinski definition) is 15. The summed E-state index contributed by atoms with van der Waals surface area (Å²) in [6, 6.07) is 0.0154. The highest BCUT2D eigenvalue weighted by Gasteiger charge is 2.47. The first-order valence-electron chi connectivity index (χ1n) is 46.0. The van der Waals surface area contributed by atoms with Crippen LogP contribution in [0, 0.1) is 23.6 Å². The summed E-state index contributed by atoms with van der Waals surface area (Å²) in [6.45, 7) is 8.93. The molecule has 2 aromatic heterocycles. The summed E-state index contributed by atoms with van der Waals surface area (Å²) in [5, 5.41) is 44.6. The van der Waals surface area contributed by atoms with Gasteiger partial charge >= 0.3 is 5.97 Å². The average Bonchev–Trinajstić information content (AvgIpc) is 1.63. The Morgan fingerprint density at radius 1 is 0.523 bits per heavy atom. The molecular weight excluding hydrogens is 1710 g/mol. The third kappa shape index (κ3) is 27.7. The molecule has 19 N–H and O–H groups in total. The molecule has 132 heavy (non-hydrogen) atoms. The number of primary amides is 2. The number of piperidine rings is 1. The number of nitrogens with two attached hydrogens (primary N) is 4. The van der Waals surface area contributed by atoms with Gasteiger partial charge in [0.05, 0.1) is 18.6 Å².